The molecule has 5 heteroatoms. The van der Waals surface area contributed by atoms with Crippen LogP contribution in [0.25, 0.3) is 0 Å². The van der Waals surface area contributed by atoms with Crippen LogP contribution in [-0.2, 0) is 14.3 Å². The van der Waals surface area contributed by atoms with Gasteiger partial charge in [0.1, 0.15) is 0 Å². The fourth-order valence-corrected chi connectivity index (χ4v) is 3.54. The van der Waals surface area contributed by atoms with E-state index in [4.69, 9.17) is 4.18 Å². The Morgan fingerprint density at radius 1 is 1.33 bits per heavy atom. The van der Waals surface area contributed by atoms with Gasteiger partial charge in [-0.05, 0) is 32.2 Å². The minimum absolute atomic E-state index is 0.0799. The Labute approximate surface area is 91.7 Å². The van der Waals surface area contributed by atoms with E-state index in [-0.39, 0.29) is 6.10 Å². The average Bonchev–Trinajstić information content (AvgIpc) is 2.34. The maximum absolute atomic E-state index is 11.1. The van der Waals surface area contributed by atoms with E-state index in [0.29, 0.717) is 12.0 Å². The van der Waals surface area contributed by atoms with Crippen LogP contribution in [0.15, 0.2) is 0 Å². The molecular weight excluding hydrogens is 214 g/mol. The highest BCUT2D eigenvalue weighted by atomic mass is 32.2. The van der Waals surface area contributed by atoms with Gasteiger partial charge in [-0.2, -0.15) is 8.42 Å². The predicted molar refractivity (Wildman–Crippen MR) is 58.1 cm³/mol. The normalized spacial score (nSPS) is 37.9. The summed E-state index contributed by atoms with van der Waals surface area (Å²) in [7, 11) is -1.17. The van der Waals surface area contributed by atoms with Gasteiger partial charge in [0.2, 0.25) is 0 Å². The summed E-state index contributed by atoms with van der Waals surface area (Å²) >= 11 is 0. The van der Waals surface area contributed by atoms with E-state index in [9.17, 15) is 8.42 Å². The largest absolute Gasteiger partial charge is 0.303 e. The minimum atomic E-state index is -3.30. The molecule has 0 N–H and O–H groups in total. The van der Waals surface area contributed by atoms with Crippen LogP contribution >= 0.6 is 0 Å². The van der Waals surface area contributed by atoms with E-state index in [1.54, 1.807) is 0 Å². The molecule has 0 aromatic heterocycles. The summed E-state index contributed by atoms with van der Waals surface area (Å²) < 4.78 is 27.5. The number of fused-ring (bicyclic) bond motifs is 4. The van der Waals surface area contributed by atoms with Crippen LogP contribution in [-0.4, -0.2) is 45.3 Å². The lowest BCUT2D eigenvalue weighted by molar-refractivity contribution is 0.0383. The molecule has 3 aliphatic rings. The lowest BCUT2D eigenvalue weighted by atomic mass is 9.92. The Morgan fingerprint density at radius 3 is 2.73 bits per heavy atom. The van der Waals surface area contributed by atoms with Gasteiger partial charge in [0.05, 0.1) is 12.4 Å². The van der Waals surface area contributed by atoms with E-state index < -0.39 is 10.1 Å². The second kappa shape index (κ2) is 4.03. The molecule has 3 atom stereocenters. The Bertz CT molecular complexity index is 328. The van der Waals surface area contributed by atoms with Gasteiger partial charge in [0, 0.05) is 12.6 Å². The van der Waals surface area contributed by atoms with Gasteiger partial charge in [0.15, 0.2) is 0 Å². The van der Waals surface area contributed by atoms with Crippen molar-refractivity contribution in [2.75, 3.05) is 19.8 Å². The van der Waals surface area contributed by atoms with E-state index in [1.807, 2.05) is 0 Å². The summed E-state index contributed by atoms with van der Waals surface area (Å²) in [6, 6.07) is 0.510. The second-order valence-corrected chi connectivity index (χ2v) is 6.46. The van der Waals surface area contributed by atoms with Crippen molar-refractivity contribution in [3.05, 3.63) is 0 Å². The van der Waals surface area contributed by atoms with Crippen LogP contribution in [0.5, 0.6) is 0 Å². The molecule has 0 aromatic rings. The summed E-state index contributed by atoms with van der Waals surface area (Å²) in [5.41, 5.74) is 0. The molecule has 2 heterocycles. The van der Waals surface area contributed by atoms with Crippen molar-refractivity contribution in [1.82, 2.24) is 4.90 Å². The summed E-state index contributed by atoms with van der Waals surface area (Å²) in [6.45, 7) is 0.977. The van der Waals surface area contributed by atoms with Crippen LogP contribution in [0, 0.1) is 5.92 Å². The Balaban J connectivity index is 2.09. The molecule has 3 fully saturated rings. The number of rotatable bonds is 2. The summed E-state index contributed by atoms with van der Waals surface area (Å²) in [6.07, 6.45) is 5.41. The SMILES string of the molecule is CN1CC2CCCC1CC2OS(C)(=O)=O. The molecule has 0 amide bonds. The first-order chi connectivity index (χ1) is 6.96. The number of hydrogen-bond acceptors (Lipinski definition) is 4. The molecular formula is C10H19NO3S. The summed E-state index contributed by atoms with van der Waals surface area (Å²) in [5.74, 6) is 0.392. The molecule has 2 aliphatic heterocycles. The smallest absolute Gasteiger partial charge is 0.264 e. The van der Waals surface area contributed by atoms with Gasteiger partial charge >= 0.3 is 0 Å². The number of nitrogens with zero attached hydrogens (tertiary/aromatic N) is 1. The third-order valence-electron chi connectivity index (χ3n) is 3.59. The molecule has 88 valence electrons. The second-order valence-electron chi connectivity index (χ2n) is 4.86. The minimum Gasteiger partial charge on any atom is -0.303 e. The third kappa shape index (κ3) is 2.71. The lowest BCUT2D eigenvalue weighted by Crippen LogP contribution is -2.46. The standard InChI is InChI=1S/C10H19NO3S/c1-11-7-8-4-3-5-9(11)6-10(8)14-15(2,12)13/h8-10H,3-7H2,1-2H3. The quantitative estimate of drug-likeness (QED) is 0.663. The molecule has 4 nitrogen and oxygen atoms in total. The van der Waals surface area contributed by atoms with Gasteiger partial charge in [0.25, 0.3) is 10.1 Å². The van der Waals surface area contributed by atoms with Crippen molar-refractivity contribution in [3.8, 4) is 0 Å². The molecule has 2 saturated heterocycles. The molecule has 0 aromatic carbocycles. The van der Waals surface area contributed by atoms with Gasteiger partial charge < -0.3 is 4.90 Å². The van der Waals surface area contributed by atoms with Crippen molar-refractivity contribution in [2.45, 2.75) is 37.8 Å². The van der Waals surface area contributed by atoms with Crippen LogP contribution in [0.4, 0.5) is 0 Å². The summed E-state index contributed by atoms with van der Waals surface area (Å²) in [5, 5.41) is 0. The lowest BCUT2D eigenvalue weighted by Gasteiger charge is -2.38. The maximum Gasteiger partial charge on any atom is 0.264 e. The first-order valence-corrected chi connectivity index (χ1v) is 7.36. The third-order valence-corrected chi connectivity index (χ3v) is 4.18. The van der Waals surface area contributed by atoms with Crippen molar-refractivity contribution in [2.24, 2.45) is 5.92 Å². The predicted octanol–water partition coefficient (Wildman–Crippen LogP) is 0.835. The fourth-order valence-electron chi connectivity index (χ4n) is 2.85. The zero-order valence-electron chi connectivity index (χ0n) is 9.35. The van der Waals surface area contributed by atoms with E-state index in [2.05, 4.69) is 11.9 Å². The zero-order chi connectivity index (χ0) is 11.1. The van der Waals surface area contributed by atoms with Crippen molar-refractivity contribution in [1.29, 1.82) is 0 Å². The van der Waals surface area contributed by atoms with Crippen LogP contribution in [0.2, 0.25) is 0 Å². The Hall–Kier alpha value is -0.130. The van der Waals surface area contributed by atoms with Gasteiger partial charge in [-0.15, -0.1) is 0 Å². The Kier molecular flexibility index (Phi) is 3.05. The molecule has 1 aliphatic carbocycles. The molecule has 0 radical (unpaired) electrons. The highest BCUT2D eigenvalue weighted by molar-refractivity contribution is 7.86. The topological polar surface area (TPSA) is 46.6 Å². The first kappa shape index (κ1) is 11.4. The van der Waals surface area contributed by atoms with Crippen LogP contribution in [0.3, 0.4) is 0 Å². The van der Waals surface area contributed by atoms with E-state index >= 15 is 0 Å². The zero-order valence-corrected chi connectivity index (χ0v) is 10.2. The maximum atomic E-state index is 11.1. The van der Waals surface area contributed by atoms with E-state index in [1.165, 1.54) is 12.8 Å². The summed E-state index contributed by atoms with van der Waals surface area (Å²) in [4.78, 5) is 2.35. The Morgan fingerprint density at radius 2 is 2.07 bits per heavy atom. The van der Waals surface area contributed by atoms with Crippen molar-refractivity contribution < 1.29 is 12.6 Å². The molecule has 3 rings (SSSR count). The monoisotopic (exact) mass is 233 g/mol. The van der Waals surface area contributed by atoms with Crippen molar-refractivity contribution >= 4 is 10.1 Å². The molecule has 0 spiro atoms. The first-order valence-electron chi connectivity index (χ1n) is 5.54. The van der Waals surface area contributed by atoms with Crippen LogP contribution in [0.1, 0.15) is 25.7 Å². The highest BCUT2D eigenvalue weighted by Crippen LogP contribution is 2.34. The van der Waals surface area contributed by atoms with Crippen LogP contribution < -0.4 is 0 Å². The molecule has 1 saturated carbocycles. The fraction of sp³-hybridized carbons (Fsp3) is 1.00. The molecule has 2 bridgehead atoms. The van der Waals surface area contributed by atoms with Gasteiger partial charge in [-0.1, -0.05) is 6.42 Å². The number of hydrogen-bond donors (Lipinski definition) is 0. The molecule has 15 heavy (non-hydrogen) atoms. The average molecular weight is 233 g/mol. The highest BCUT2D eigenvalue weighted by Gasteiger charge is 2.38. The van der Waals surface area contributed by atoms with Crippen molar-refractivity contribution in [3.63, 3.8) is 0 Å². The van der Waals surface area contributed by atoms with Gasteiger partial charge in [-0.25, -0.2) is 0 Å². The number of piperidine rings is 1. The van der Waals surface area contributed by atoms with Gasteiger partial charge in [-0.3, -0.25) is 4.18 Å². The molecule has 3 unspecified atom stereocenters. The van der Waals surface area contributed by atoms with E-state index in [0.717, 1.165) is 25.6 Å².